The molecule has 0 bridgehead atoms. The number of hydrogen-bond acceptors (Lipinski definition) is 6. The van der Waals surface area contributed by atoms with Crippen LogP contribution in [0.25, 0.3) is 0 Å². The van der Waals surface area contributed by atoms with Gasteiger partial charge < -0.3 is 14.5 Å². The van der Waals surface area contributed by atoms with E-state index in [0.717, 1.165) is 37.7 Å². The number of hydrogen-bond donors (Lipinski definition) is 0. The molecule has 2 heterocycles. The van der Waals surface area contributed by atoms with Crippen LogP contribution in [0.4, 0.5) is 10.3 Å². The van der Waals surface area contributed by atoms with Gasteiger partial charge in [-0.1, -0.05) is 6.07 Å². The Balaban J connectivity index is 1.52. The zero-order valence-corrected chi connectivity index (χ0v) is 16.3. The van der Waals surface area contributed by atoms with Gasteiger partial charge in [-0.05, 0) is 30.7 Å². The zero-order chi connectivity index (χ0) is 19.9. The van der Waals surface area contributed by atoms with Gasteiger partial charge >= 0.3 is 0 Å². The molecule has 1 amide bonds. The number of likely N-dealkylation sites (N-methyl/N-ethyl adjacent to an activating group) is 1. The molecule has 1 aliphatic heterocycles. The van der Waals surface area contributed by atoms with Crippen LogP contribution in [0.15, 0.2) is 36.7 Å². The fourth-order valence-electron chi connectivity index (χ4n) is 3.26. The summed E-state index contributed by atoms with van der Waals surface area (Å²) in [5, 5.41) is 0. The van der Waals surface area contributed by atoms with Crippen LogP contribution in [0.2, 0.25) is 0 Å². The van der Waals surface area contributed by atoms with Crippen LogP contribution in [0.1, 0.15) is 12.5 Å². The minimum Gasteiger partial charge on any atom is -0.494 e. The summed E-state index contributed by atoms with van der Waals surface area (Å²) >= 11 is 0. The lowest BCUT2D eigenvalue weighted by atomic mass is 10.2. The van der Waals surface area contributed by atoms with Crippen molar-refractivity contribution in [3.05, 3.63) is 48.0 Å². The third-order valence-electron chi connectivity index (χ3n) is 4.89. The number of piperazine rings is 1. The van der Waals surface area contributed by atoms with Crippen molar-refractivity contribution in [1.29, 1.82) is 0 Å². The average molecular weight is 387 g/mol. The van der Waals surface area contributed by atoms with Crippen molar-refractivity contribution in [2.24, 2.45) is 0 Å². The lowest BCUT2D eigenvalue weighted by molar-refractivity contribution is -0.132. The van der Waals surface area contributed by atoms with Gasteiger partial charge in [0.1, 0.15) is 0 Å². The second-order valence-electron chi connectivity index (χ2n) is 6.69. The fraction of sp³-hybridized carbons (Fsp3) is 0.450. The van der Waals surface area contributed by atoms with Crippen LogP contribution >= 0.6 is 0 Å². The highest BCUT2D eigenvalue weighted by atomic mass is 19.1. The molecule has 0 aliphatic carbocycles. The van der Waals surface area contributed by atoms with Gasteiger partial charge in [0, 0.05) is 51.7 Å². The molecule has 0 atom stereocenters. The molecule has 1 aromatic carbocycles. The first-order valence-electron chi connectivity index (χ1n) is 9.45. The highest BCUT2D eigenvalue weighted by Crippen LogP contribution is 2.19. The number of nitrogens with zero attached hydrogens (tertiary/aromatic N) is 5. The maximum absolute atomic E-state index is 13.9. The van der Waals surface area contributed by atoms with E-state index in [1.807, 2.05) is 6.92 Å². The first-order valence-corrected chi connectivity index (χ1v) is 9.45. The summed E-state index contributed by atoms with van der Waals surface area (Å²) in [5.41, 5.74) is 0.750. The van der Waals surface area contributed by atoms with Crippen LogP contribution in [-0.2, 0) is 11.3 Å². The molecule has 150 valence electrons. The van der Waals surface area contributed by atoms with Crippen LogP contribution < -0.4 is 9.64 Å². The van der Waals surface area contributed by atoms with E-state index < -0.39 is 5.82 Å². The predicted molar refractivity (Wildman–Crippen MR) is 105 cm³/mol. The third kappa shape index (κ3) is 4.95. The van der Waals surface area contributed by atoms with Crippen LogP contribution in [0.3, 0.4) is 0 Å². The number of methoxy groups -OCH3 is 1. The summed E-state index contributed by atoms with van der Waals surface area (Å²) in [7, 11) is 1.43. The molecule has 1 fully saturated rings. The van der Waals surface area contributed by atoms with Crippen LogP contribution in [0, 0.1) is 5.82 Å². The standard InChI is InChI=1S/C20H26FN5O2/c1-3-25(14-16-5-6-18(28-2)17(21)13-16)19(27)15-24-9-11-26(12-10-24)20-22-7-4-8-23-20/h4-8,13H,3,9-12,14-15H2,1-2H3. The lowest BCUT2D eigenvalue weighted by Gasteiger charge is -2.35. The Hall–Kier alpha value is -2.74. The van der Waals surface area contributed by atoms with Gasteiger partial charge in [-0.2, -0.15) is 0 Å². The van der Waals surface area contributed by atoms with Crippen molar-refractivity contribution in [2.75, 3.05) is 51.3 Å². The molecule has 0 unspecified atom stereocenters. The van der Waals surface area contributed by atoms with Gasteiger partial charge in [-0.3, -0.25) is 9.69 Å². The Kier molecular flexibility index (Phi) is 6.76. The smallest absolute Gasteiger partial charge is 0.237 e. The Morgan fingerprint density at radius 1 is 1.21 bits per heavy atom. The number of halogens is 1. The second kappa shape index (κ2) is 9.45. The molecule has 3 rings (SSSR count). The Morgan fingerprint density at radius 2 is 1.93 bits per heavy atom. The molecule has 0 saturated carbocycles. The van der Waals surface area contributed by atoms with Gasteiger partial charge in [0.05, 0.1) is 13.7 Å². The van der Waals surface area contributed by atoms with E-state index >= 15 is 0 Å². The molecule has 1 saturated heterocycles. The predicted octanol–water partition coefficient (Wildman–Crippen LogP) is 1.80. The van der Waals surface area contributed by atoms with Crippen LogP contribution in [0.5, 0.6) is 5.75 Å². The van der Waals surface area contributed by atoms with Crippen molar-refractivity contribution in [1.82, 2.24) is 19.8 Å². The largest absolute Gasteiger partial charge is 0.494 e. The molecule has 2 aromatic rings. The number of aromatic nitrogens is 2. The maximum Gasteiger partial charge on any atom is 0.237 e. The highest BCUT2D eigenvalue weighted by Gasteiger charge is 2.22. The molecular formula is C20H26FN5O2. The Morgan fingerprint density at radius 3 is 2.54 bits per heavy atom. The second-order valence-corrected chi connectivity index (χ2v) is 6.69. The van der Waals surface area contributed by atoms with Crippen LogP contribution in [-0.4, -0.2) is 72.1 Å². The molecule has 8 heteroatoms. The summed E-state index contributed by atoms with van der Waals surface area (Å²) in [6.45, 7) is 6.37. The Bertz CT molecular complexity index is 781. The molecule has 7 nitrogen and oxygen atoms in total. The van der Waals surface area contributed by atoms with Crippen molar-refractivity contribution in [3.8, 4) is 5.75 Å². The van der Waals surface area contributed by atoms with E-state index in [9.17, 15) is 9.18 Å². The quantitative estimate of drug-likeness (QED) is 0.722. The summed E-state index contributed by atoms with van der Waals surface area (Å²) in [6, 6.07) is 6.60. The molecule has 0 radical (unpaired) electrons. The molecule has 0 spiro atoms. The SMILES string of the molecule is CCN(Cc1ccc(OC)c(F)c1)C(=O)CN1CCN(c2ncccn2)CC1. The minimum absolute atomic E-state index is 0.0446. The number of ether oxygens (including phenoxy) is 1. The summed E-state index contributed by atoms with van der Waals surface area (Å²) in [5.74, 6) is 0.564. The Labute approximate surface area is 164 Å². The third-order valence-corrected chi connectivity index (χ3v) is 4.89. The van der Waals surface area contributed by atoms with Crippen molar-refractivity contribution < 1.29 is 13.9 Å². The average Bonchev–Trinajstić information content (AvgIpc) is 2.73. The van der Waals surface area contributed by atoms with E-state index in [0.29, 0.717) is 19.6 Å². The van der Waals surface area contributed by atoms with Gasteiger partial charge in [0.15, 0.2) is 11.6 Å². The van der Waals surface area contributed by atoms with E-state index in [1.54, 1.807) is 35.5 Å². The van der Waals surface area contributed by atoms with E-state index in [4.69, 9.17) is 4.74 Å². The first-order chi connectivity index (χ1) is 13.6. The van der Waals surface area contributed by atoms with Gasteiger partial charge in [0.25, 0.3) is 0 Å². The van der Waals surface area contributed by atoms with E-state index in [1.165, 1.54) is 13.2 Å². The summed E-state index contributed by atoms with van der Waals surface area (Å²) < 4.78 is 18.8. The molecule has 28 heavy (non-hydrogen) atoms. The normalized spacial score (nSPS) is 14.8. The van der Waals surface area contributed by atoms with Gasteiger partial charge in [-0.25, -0.2) is 14.4 Å². The number of carbonyl (C=O) groups excluding carboxylic acids is 1. The zero-order valence-electron chi connectivity index (χ0n) is 16.3. The molecule has 1 aliphatic rings. The van der Waals surface area contributed by atoms with E-state index in [-0.39, 0.29) is 11.7 Å². The number of benzene rings is 1. The number of carbonyl (C=O) groups is 1. The van der Waals surface area contributed by atoms with Crippen molar-refractivity contribution >= 4 is 11.9 Å². The summed E-state index contributed by atoms with van der Waals surface area (Å²) in [4.78, 5) is 27.3. The monoisotopic (exact) mass is 387 g/mol. The number of amides is 1. The highest BCUT2D eigenvalue weighted by molar-refractivity contribution is 5.78. The molecular weight excluding hydrogens is 361 g/mol. The summed E-state index contributed by atoms with van der Waals surface area (Å²) in [6.07, 6.45) is 3.47. The molecule has 1 aromatic heterocycles. The minimum atomic E-state index is -0.414. The maximum atomic E-state index is 13.9. The number of anilines is 1. The first kappa shape index (κ1) is 20.0. The molecule has 0 N–H and O–H groups in total. The topological polar surface area (TPSA) is 61.8 Å². The van der Waals surface area contributed by atoms with Gasteiger partial charge in [-0.15, -0.1) is 0 Å². The van der Waals surface area contributed by atoms with Crippen molar-refractivity contribution in [2.45, 2.75) is 13.5 Å². The fourth-order valence-corrected chi connectivity index (χ4v) is 3.26. The van der Waals surface area contributed by atoms with Gasteiger partial charge in [0.2, 0.25) is 11.9 Å². The van der Waals surface area contributed by atoms with Crippen molar-refractivity contribution in [3.63, 3.8) is 0 Å². The number of rotatable bonds is 7. The van der Waals surface area contributed by atoms with E-state index in [2.05, 4.69) is 19.8 Å². The lowest BCUT2D eigenvalue weighted by Crippen LogP contribution is -2.50.